The van der Waals surface area contributed by atoms with Crippen LogP contribution in [0.25, 0.3) is 5.69 Å². The molecule has 0 aliphatic carbocycles. The second-order valence-electron chi connectivity index (χ2n) is 8.01. The van der Waals surface area contributed by atoms with E-state index < -0.39 is 0 Å². The molecular weight excluding hydrogens is 392 g/mol. The lowest BCUT2D eigenvalue weighted by molar-refractivity contribution is 0.254. The van der Waals surface area contributed by atoms with Gasteiger partial charge in [0.2, 0.25) is 0 Å². The lowest BCUT2D eigenvalue weighted by Crippen LogP contribution is -2.35. The van der Waals surface area contributed by atoms with E-state index in [9.17, 15) is 5.11 Å². The third kappa shape index (κ3) is 3.01. The van der Waals surface area contributed by atoms with Gasteiger partial charge in [0.05, 0.1) is 11.7 Å². The predicted octanol–water partition coefficient (Wildman–Crippen LogP) is 5.17. The molecule has 1 N–H and O–H groups in total. The maximum atomic E-state index is 9.70. The number of aliphatic imine (C=N–C) groups is 1. The number of aromatic hydroxyl groups is 1. The summed E-state index contributed by atoms with van der Waals surface area (Å²) in [6.45, 7) is 6.60. The summed E-state index contributed by atoms with van der Waals surface area (Å²) in [6, 6.07) is 16.4. The minimum Gasteiger partial charge on any atom is -0.508 e. The number of nitrogens with zero attached hydrogens (tertiary/aromatic N) is 4. The molecule has 2 aliphatic heterocycles. The van der Waals surface area contributed by atoms with Gasteiger partial charge in [-0.25, -0.2) is 0 Å². The number of pyridine rings is 1. The number of hydrogen-bond acceptors (Lipinski definition) is 5. The van der Waals surface area contributed by atoms with E-state index in [0.29, 0.717) is 6.04 Å². The molecule has 0 amide bonds. The van der Waals surface area contributed by atoms with E-state index in [1.807, 2.05) is 42.2 Å². The van der Waals surface area contributed by atoms with E-state index >= 15 is 0 Å². The van der Waals surface area contributed by atoms with Crippen LogP contribution in [0.3, 0.4) is 0 Å². The first-order valence-electron chi connectivity index (χ1n) is 10.5. The topological polar surface area (TPSA) is 53.6 Å². The number of aryl methyl sites for hydroxylation is 1. The maximum Gasteiger partial charge on any atom is 0.160 e. The number of phenols is 1. The highest BCUT2D eigenvalue weighted by atomic mass is 32.2. The molecule has 0 saturated carbocycles. The summed E-state index contributed by atoms with van der Waals surface area (Å²) in [5.41, 5.74) is 5.78. The molecule has 1 fully saturated rings. The van der Waals surface area contributed by atoms with E-state index in [1.165, 1.54) is 17.0 Å². The van der Waals surface area contributed by atoms with Crippen molar-refractivity contribution in [3.63, 3.8) is 0 Å². The summed E-state index contributed by atoms with van der Waals surface area (Å²) in [5.74, 6) is 1.38. The number of amidine groups is 1. The third-order valence-electron chi connectivity index (χ3n) is 6.23. The molecule has 6 heteroatoms. The van der Waals surface area contributed by atoms with Crippen LogP contribution in [-0.2, 0) is 0 Å². The second kappa shape index (κ2) is 7.51. The zero-order valence-corrected chi connectivity index (χ0v) is 18.3. The van der Waals surface area contributed by atoms with Gasteiger partial charge in [-0.15, -0.1) is 0 Å². The number of rotatable bonds is 4. The van der Waals surface area contributed by atoms with E-state index in [4.69, 9.17) is 4.99 Å². The van der Waals surface area contributed by atoms with Crippen molar-refractivity contribution >= 4 is 16.9 Å². The molecule has 2 aliphatic rings. The van der Waals surface area contributed by atoms with E-state index in [1.54, 1.807) is 12.1 Å². The predicted molar refractivity (Wildman–Crippen MR) is 122 cm³/mol. The summed E-state index contributed by atoms with van der Waals surface area (Å²) >= 11 is 1.87. The van der Waals surface area contributed by atoms with Crippen molar-refractivity contribution in [3.8, 4) is 11.4 Å². The lowest BCUT2D eigenvalue weighted by Gasteiger charge is -2.32. The van der Waals surface area contributed by atoms with Crippen molar-refractivity contribution in [2.45, 2.75) is 45.3 Å². The molecule has 0 spiro atoms. The van der Waals surface area contributed by atoms with Gasteiger partial charge in [-0.2, -0.15) is 0 Å². The van der Waals surface area contributed by atoms with Crippen LogP contribution < -0.4 is 0 Å². The van der Waals surface area contributed by atoms with Crippen LogP contribution in [0.4, 0.5) is 0 Å². The van der Waals surface area contributed by atoms with Gasteiger partial charge in [0.25, 0.3) is 0 Å². The van der Waals surface area contributed by atoms with Gasteiger partial charge in [0, 0.05) is 35.1 Å². The Hall–Kier alpha value is -2.73. The molecule has 154 valence electrons. The highest BCUT2D eigenvalue weighted by Crippen LogP contribution is 2.49. The molecule has 2 aromatic heterocycles. The quantitative estimate of drug-likeness (QED) is 0.635. The van der Waals surface area contributed by atoms with Gasteiger partial charge in [0.15, 0.2) is 5.17 Å². The molecule has 0 radical (unpaired) electrons. The first-order chi connectivity index (χ1) is 14.6. The molecule has 1 aromatic carbocycles. The summed E-state index contributed by atoms with van der Waals surface area (Å²) in [7, 11) is 0. The Bertz CT molecular complexity index is 1090. The smallest absolute Gasteiger partial charge is 0.160 e. The number of aromatic nitrogens is 2. The van der Waals surface area contributed by atoms with Gasteiger partial charge >= 0.3 is 0 Å². The summed E-state index contributed by atoms with van der Waals surface area (Å²) in [5, 5.41) is 10.8. The Balaban J connectivity index is 1.63. The van der Waals surface area contributed by atoms with Crippen molar-refractivity contribution < 1.29 is 5.11 Å². The van der Waals surface area contributed by atoms with Gasteiger partial charge in [-0.05, 0) is 68.3 Å². The SMILES string of the molecule is CC[C@@H]1CSC2=N[C@@H](c3ccccn3)[C@@H](c3cc(C)n(-c4ccc(O)cc4)c3C)N21. The molecular formula is C24H26N4OS. The maximum absolute atomic E-state index is 9.70. The molecule has 1 saturated heterocycles. The zero-order valence-electron chi connectivity index (χ0n) is 17.5. The molecule has 5 rings (SSSR count). The number of thioether (sulfide) groups is 1. The Morgan fingerprint density at radius 1 is 1.13 bits per heavy atom. The summed E-state index contributed by atoms with van der Waals surface area (Å²) in [4.78, 5) is 12.3. The monoisotopic (exact) mass is 418 g/mol. The van der Waals surface area contributed by atoms with Crippen molar-refractivity contribution in [2.24, 2.45) is 4.99 Å². The summed E-state index contributed by atoms with van der Waals surface area (Å²) in [6.07, 6.45) is 2.97. The minimum atomic E-state index is -0.00295. The molecule has 5 nitrogen and oxygen atoms in total. The van der Waals surface area contributed by atoms with Crippen molar-refractivity contribution in [1.82, 2.24) is 14.5 Å². The van der Waals surface area contributed by atoms with Gasteiger partial charge in [-0.1, -0.05) is 24.8 Å². The second-order valence-corrected chi connectivity index (χ2v) is 9.00. The first-order valence-corrected chi connectivity index (χ1v) is 11.4. The molecule has 0 bridgehead atoms. The van der Waals surface area contributed by atoms with Crippen molar-refractivity contribution in [3.05, 3.63) is 77.4 Å². The minimum absolute atomic E-state index is 0.00295. The highest BCUT2D eigenvalue weighted by molar-refractivity contribution is 8.14. The van der Waals surface area contributed by atoms with Gasteiger partial charge in [0.1, 0.15) is 11.8 Å². The fourth-order valence-corrected chi connectivity index (χ4v) is 6.11. The third-order valence-corrected chi connectivity index (χ3v) is 7.35. The average Bonchev–Trinajstić information content (AvgIpc) is 3.41. The number of fused-ring (bicyclic) bond motifs is 1. The van der Waals surface area contributed by atoms with Crippen molar-refractivity contribution in [2.75, 3.05) is 5.75 Å². The number of benzene rings is 1. The fraction of sp³-hybridized carbons (Fsp3) is 0.333. The highest BCUT2D eigenvalue weighted by Gasteiger charge is 2.46. The van der Waals surface area contributed by atoms with Crippen LogP contribution in [0.1, 0.15) is 48.1 Å². The molecule has 3 aromatic rings. The first kappa shape index (κ1) is 19.2. The summed E-state index contributed by atoms with van der Waals surface area (Å²) < 4.78 is 2.27. The van der Waals surface area contributed by atoms with Crippen molar-refractivity contribution in [1.29, 1.82) is 0 Å². The van der Waals surface area contributed by atoms with E-state index in [2.05, 4.69) is 47.4 Å². The van der Waals surface area contributed by atoms with Crippen LogP contribution in [0.15, 0.2) is 59.7 Å². The normalized spacial score (nSPS) is 23.0. The largest absolute Gasteiger partial charge is 0.508 e. The molecule has 30 heavy (non-hydrogen) atoms. The van der Waals surface area contributed by atoms with Gasteiger partial charge in [-0.3, -0.25) is 9.98 Å². The van der Waals surface area contributed by atoms with E-state index in [0.717, 1.165) is 28.7 Å². The number of hydrogen-bond donors (Lipinski definition) is 1. The molecule has 0 unspecified atom stereocenters. The molecule has 3 atom stereocenters. The van der Waals surface area contributed by atoms with Crippen LogP contribution in [0.2, 0.25) is 0 Å². The standard InChI is InChI=1S/C24H26N4OS/c1-4-17-14-30-24-26-22(21-7-5-6-12-25-21)23(28(17)24)20-13-15(2)27(16(20)3)18-8-10-19(29)11-9-18/h5-13,17,22-23,29H,4,14H2,1-3H3/t17-,22+,23-/m1/s1. The fourth-order valence-electron chi connectivity index (χ4n) is 4.77. The van der Waals surface area contributed by atoms with Crippen LogP contribution in [0, 0.1) is 13.8 Å². The van der Waals surface area contributed by atoms with Crippen LogP contribution in [-0.4, -0.2) is 36.5 Å². The number of phenolic OH excluding ortho intramolecular Hbond substituents is 1. The lowest BCUT2D eigenvalue weighted by atomic mass is 9.95. The zero-order chi connectivity index (χ0) is 20.8. The Morgan fingerprint density at radius 3 is 2.63 bits per heavy atom. The molecule has 4 heterocycles. The van der Waals surface area contributed by atoms with Crippen LogP contribution in [0.5, 0.6) is 5.75 Å². The Labute approximate surface area is 181 Å². The van der Waals surface area contributed by atoms with Crippen LogP contribution >= 0.6 is 11.8 Å². The average molecular weight is 419 g/mol. The van der Waals surface area contributed by atoms with Gasteiger partial charge < -0.3 is 14.6 Å². The van der Waals surface area contributed by atoms with E-state index in [-0.39, 0.29) is 17.8 Å². The Kier molecular flexibility index (Phi) is 4.82. The Morgan fingerprint density at radius 2 is 1.93 bits per heavy atom.